The van der Waals surface area contributed by atoms with Crippen molar-refractivity contribution in [3.05, 3.63) is 64.1 Å². The molecule has 0 heterocycles. The van der Waals surface area contributed by atoms with Gasteiger partial charge < -0.3 is 4.90 Å². The van der Waals surface area contributed by atoms with Crippen LogP contribution in [0.25, 0.3) is 0 Å². The quantitative estimate of drug-likeness (QED) is 0.620. The molecule has 2 aromatic rings. The molecule has 0 aliphatic carbocycles. The fourth-order valence-corrected chi connectivity index (χ4v) is 2.85. The maximum absolute atomic E-state index is 11.8. The van der Waals surface area contributed by atoms with E-state index in [-0.39, 0.29) is 5.91 Å². The van der Waals surface area contributed by atoms with Gasteiger partial charge >= 0.3 is 0 Å². The van der Waals surface area contributed by atoms with Gasteiger partial charge in [0.25, 0.3) is 0 Å². The van der Waals surface area contributed by atoms with Crippen LogP contribution < -0.4 is 10.3 Å². The number of aryl methyl sites for hydroxylation is 1. The highest BCUT2D eigenvalue weighted by molar-refractivity contribution is 9.10. The summed E-state index contributed by atoms with van der Waals surface area (Å²) in [6, 6.07) is 15.9. The number of carbonyl (C=O) groups is 1. The predicted octanol–water partition coefficient (Wildman–Crippen LogP) is 3.60. The highest BCUT2D eigenvalue weighted by Crippen LogP contribution is 2.25. The van der Waals surface area contributed by atoms with E-state index in [2.05, 4.69) is 26.5 Å². The molecule has 2 rings (SSSR count). The molecule has 1 amide bonds. The van der Waals surface area contributed by atoms with E-state index in [1.165, 1.54) is 0 Å². The van der Waals surface area contributed by atoms with E-state index in [0.29, 0.717) is 12.8 Å². The summed E-state index contributed by atoms with van der Waals surface area (Å²) < 4.78 is 0.988. The highest BCUT2D eigenvalue weighted by atomic mass is 79.9. The second-order valence-corrected chi connectivity index (χ2v) is 6.24. The summed E-state index contributed by atoms with van der Waals surface area (Å²) in [6.45, 7) is 0. The summed E-state index contributed by atoms with van der Waals surface area (Å²) in [5, 5.41) is 4.01. The number of nitrogens with zero attached hydrogens (tertiary/aromatic N) is 2. The number of amides is 1. The molecule has 0 radical (unpaired) electrons. The largest absolute Gasteiger partial charge is 0.377 e. The summed E-state index contributed by atoms with van der Waals surface area (Å²) in [4.78, 5) is 13.8. The first-order chi connectivity index (χ1) is 11.1. The van der Waals surface area contributed by atoms with Crippen LogP contribution in [-0.4, -0.2) is 26.2 Å². The summed E-state index contributed by atoms with van der Waals surface area (Å²) >= 11 is 3.53. The molecule has 5 heteroatoms. The van der Waals surface area contributed by atoms with Crippen LogP contribution in [0.1, 0.15) is 17.5 Å². The van der Waals surface area contributed by atoms with Gasteiger partial charge in [-0.1, -0.05) is 36.4 Å². The smallest absolute Gasteiger partial charge is 0.240 e. The normalized spacial score (nSPS) is 10.7. The Balaban J connectivity index is 1.84. The number of nitrogens with one attached hydrogen (secondary N) is 1. The lowest BCUT2D eigenvalue weighted by molar-refractivity contribution is -0.121. The standard InChI is InChI=1S/C18H20BrN3O/c1-22(2)17-10-8-15(12-16(17)19)13-20-21-18(23)11-9-14-6-4-3-5-7-14/h3-8,10,12-13H,9,11H2,1-2H3,(H,21,23)/b20-13-. The van der Waals surface area contributed by atoms with E-state index < -0.39 is 0 Å². The minimum atomic E-state index is -0.0888. The number of halogens is 1. The molecule has 0 saturated heterocycles. The first-order valence-electron chi connectivity index (χ1n) is 7.39. The number of benzene rings is 2. The molecule has 1 N–H and O–H groups in total. The minimum Gasteiger partial charge on any atom is -0.377 e. The van der Waals surface area contributed by atoms with Gasteiger partial charge in [-0.05, 0) is 45.6 Å². The summed E-state index contributed by atoms with van der Waals surface area (Å²) in [7, 11) is 3.97. The van der Waals surface area contributed by atoms with Gasteiger partial charge in [-0.15, -0.1) is 0 Å². The zero-order chi connectivity index (χ0) is 16.7. The molecule has 0 aliphatic rings. The third-order valence-electron chi connectivity index (χ3n) is 3.34. The highest BCUT2D eigenvalue weighted by Gasteiger charge is 2.03. The van der Waals surface area contributed by atoms with Crippen molar-refractivity contribution in [2.75, 3.05) is 19.0 Å². The van der Waals surface area contributed by atoms with Crippen LogP contribution in [0, 0.1) is 0 Å². The first kappa shape index (κ1) is 17.2. The third-order valence-corrected chi connectivity index (χ3v) is 3.98. The van der Waals surface area contributed by atoms with E-state index in [4.69, 9.17) is 0 Å². The first-order valence-corrected chi connectivity index (χ1v) is 8.18. The van der Waals surface area contributed by atoms with Crippen LogP contribution in [-0.2, 0) is 11.2 Å². The van der Waals surface area contributed by atoms with Crippen molar-refractivity contribution in [2.45, 2.75) is 12.8 Å². The lowest BCUT2D eigenvalue weighted by atomic mass is 10.1. The van der Waals surface area contributed by atoms with Crippen LogP contribution in [0.3, 0.4) is 0 Å². The van der Waals surface area contributed by atoms with E-state index >= 15 is 0 Å². The van der Waals surface area contributed by atoms with Crippen molar-refractivity contribution >= 4 is 33.7 Å². The van der Waals surface area contributed by atoms with Crippen LogP contribution >= 0.6 is 15.9 Å². The number of hydrogen-bond acceptors (Lipinski definition) is 3. The van der Waals surface area contributed by atoms with Gasteiger partial charge in [-0.25, -0.2) is 5.43 Å². The van der Waals surface area contributed by atoms with Gasteiger partial charge in [0.05, 0.1) is 11.9 Å². The monoisotopic (exact) mass is 373 g/mol. The van der Waals surface area contributed by atoms with Crippen molar-refractivity contribution in [3.63, 3.8) is 0 Å². The molecule has 0 unspecified atom stereocenters. The van der Waals surface area contributed by atoms with Gasteiger partial charge in [-0.2, -0.15) is 5.10 Å². The average Bonchev–Trinajstić information content (AvgIpc) is 2.53. The molecule has 0 fully saturated rings. The summed E-state index contributed by atoms with van der Waals surface area (Å²) in [6.07, 6.45) is 2.78. The number of hydrazone groups is 1. The van der Waals surface area contributed by atoms with Crippen LogP contribution in [0.2, 0.25) is 0 Å². The fourth-order valence-electron chi connectivity index (χ4n) is 2.10. The SMILES string of the molecule is CN(C)c1ccc(/C=N\NC(=O)CCc2ccccc2)cc1Br. The number of carbonyl (C=O) groups excluding carboxylic acids is 1. The van der Waals surface area contributed by atoms with Crippen molar-refractivity contribution in [3.8, 4) is 0 Å². The Morgan fingerprint density at radius 3 is 2.61 bits per heavy atom. The molecule has 4 nitrogen and oxygen atoms in total. The van der Waals surface area contributed by atoms with Crippen LogP contribution in [0.15, 0.2) is 58.1 Å². The molecule has 0 atom stereocenters. The Morgan fingerprint density at radius 1 is 1.22 bits per heavy atom. The summed E-state index contributed by atoms with van der Waals surface area (Å²) in [5.41, 5.74) is 5.72. The Bertz CT molecular complexity index is 684. The van der Waals surface area contributed by atoms with E-state index in [9.17, 15) is 4.79 Å². The second-order valence-electron chi connectivity index (χ2n) is 5.38. The second kappa shape index (κ2) is 8.48. The van der Waals surface area contributed by atoms with Crippen molar-refractivity contribution in [2.24, 2.45) is 5.10 Å². The molecule has 0 aliphatic heterocycles. The fraction of sp³-hybridized carbons (Fsp3) is 0.222. The minimum absolute atomic E-state index is 0.0888. The molecular formula is C18H20BrN3O. The Morgan fingerprint density at radius 2 is 1.96 bits per heavy atom. The zero-order valence-electron chi connectivity index (χ0n) is 13.3. The van der Waals surface area contributed by atoms with Crippen molar-refractivity contribution in [1.29, 1.82) is 0 Å². The molecule has 120 valence electrons. The molecule has 0 bridgehead atoms. The zero-order valence-corrected chi connectivity index (χ0v) is 14.9. The predicted molar refractivity (Wildman–Crippen MR) is 99.0 cm³/mol. The Hall–Kier alpha value is -2.14. The molecule has 2 aromatic carbocycles. The van der Waals surface area contributed by atoms with Crippen LogP contribution in [0.4, 0.5) is 5.69 Å². The molecule has 0 spiro atoms. The maximum Gasteiger partial charge on any atom is 0.240 e. The molecular weight excluding hydrogens is 354 g/mol. The van der Waals surface area contributed by atoms with Gasteiger partial charge in [-0.3, -0.25) is 4.79 Å². The maximum atomic E-state index is 11.8. The van der Waals surface area contributed by atoms with Gasteiger partial charge in [0.1, 0.15) is 0 Å². The van der Waals surface area contributed by atoms with Gasteiger partial charge in [0, 0.05) is 25.0 Å². The van der Waals surface area contributed by atoms with Gasteiger partial charge in [0.2, 0.25) is 5.91 Å². The topological polar surface area (TPSA) is 44.7 Å². The van der Waals surface area contributed by atoms with Crippen molar-refractivity contribution < 1.29 is 4.79 Å². The number of hydrogen-bond donors (Lipinski definition) is 1. The Kier molecular flexibility index (Phi) is 6.35. The molecule has 23 heavy (non-hydrogen) atoms. The average molecular weight is 374 g/mol. The lowest BCUT2D eigenvalue weighted by Crippen LogP contribution is -2.17. The Labute approximate surface area is 145 Å². The number of rotatable bonds is 6. The van der Waals surface area contributed by atoms with E-state index in [0.717, 1.165) is 21.3 Å². The van der Waals surface area contributed by atoms with E-state index in [1.54, 1.807) is 6.21 Å². The molecule has 0 saturated carbocycles. The number of anilines is 1. The lowest BCUT2D eigenvalue weighted by Gasteiger charge is -2.14. The van der Waals surface area contributed by atoms with Crippen molar-refractivity contribution in [1.82, 2.24) is 5.43 Å². The van der Waals surface area contributed by atoms with Crippen LogP contribution in [0.5, 0.6) is 0 Å². The van der Waals surface area contributed by atoms with Gasteiger partial charge in [0.15, 0.2) is 0 Å². The van der Waals surface area contributed by atoms with E-state index in [1.807, 2.05) is 67.5 Å². The third kappa shape index (κ3) is 5.53. The molecule has 0 aromatic heterocycles. The summed E-state index contributed by atoms with van der Waals surface area (Å²) in [5.74, 6) is -0.0888.